The Labute approximate surface area is 222 Å². The zero-order valence-corrected chi connectivity index (χ0v) is 22.5. The molecular weight excluding hydrogens is 522 g/mol. The van der Waals surface area contributed by atoms with E-state index < -0.39 is 25.3 Å². The fraction of sp³-hybridized carbons (Fsp3) is 0.259. The third-order valence-corrected chi connectivity index (χ3v) is 10.6. The van der Waals surface area contributed by atoms with Crippen LogP contribution in [0.5, 0.6) is 0 Å². The second kappa shape index (κ2) is 9.55. The van der Waals surface area contributed by atoms with E-state index in [1.54, 1.807) is 35.2 Å². The van der Waals surface area contributed by atoms with Crippen LogP contribution in [0.4, 0.5) is 5.69 Å². The number of rotatable bonds is 5. The largest absolute Gasteiger partial charge is 0.369 e. The first-order chi connectivity index (χ1) is 18.0. The molecule has 0 radical (unpaired) electrons. The highest BCUT2D eigenvalue weighted by Gasteiger charge is 2.44. The lowest BCUT2D eigenvalue weighted by molar-refractivity contribution is 0.304. The molecule has 1 aliphatic heterocycles. The van der Waals surface area contributed by atoms with Gasteiger partial charge in [0.25, 0.3) is 0 Å². The van der Waals surface area contributed by atoms with Crippen molar-refractivity contribution in [2.75, 3.05) is 4.90 Å². The van der Waals surface area contributed by atoms with Gasteiger partial charge in [-0.2, -0.15) is 4.99 Å². The normalized spacial score (nSPS) is 17.7. The fourth-order valence-corrected chi connectivity index (χ4v) is 7.84. The standard InChI is InChI=1S/C27H29N5O4S2/c1-19-10-12-21(13-11-19)38(35,36)24-15-14-22(37(33,34)20-8-4-2-5-9-20)18-23(24)32-26(29)30-25(28)31-27(32)16-6-3-7-17-27/h2,4-5,8-15,18H,3,6-7,16-17H2,1H3,(H4,28,29,30,31). The second-order valence-corrected chi connectivity index (χ2v) is 13.4. The predicted octanol–water partition coefficient (Wildman–Crippen LogP) is 3.77. The van der Waals surface area contributed by atoms with Gasteiger partial charge in [-0.25, -0.2) is 21.8 Å². The first-order valence-corrected chi connectivity index (χ1v) is 15.3. The number of hydrogen-bond acceptors (Lipinski definition) is 9. The van der Waals surface area contributed by atoms with Crippen molar-refractivity contribution in [3.8, 4) is 0 Å². The van der Waals surface area contributed by atoms with E-state index in [1.165, 1.54) is 42.5 Å². The van der Waals surface area contributed by atoms with Gasteiger partial charge in [0.2, 0.25) is 31.6 Å². The first kappa shape index (κ1) is 25.9. The van der Waals surface area contributed by atoms with E-state index in [2.05, 4.69) is 9.98 Å². The molecule has 9 nitrogen and oxygen atoms in total. The van der Waals surface area contributed by atoms with Crippen molar-refractivity contribution in [1.29, 1.82) is 0 Å². The molecule has 0 aromatic heterocycles. The molecule has 0 atom stereocenters. The van der Waals surface area contributed by atoms with Gasteiger partial charge in [0.05, 0.1) is 25.3 Å². The lowest BCUT2D eigenvalue weighted by atomic mass is 9.87. The monoisotopic (exact) mass is 551 g/mol. The Hall–Kier alpha value is -3.70. The van der Waals surface area contributed by atoms with Gasteiger partial charge >= 0.3 is 0 Å². The van der Waals surface area contributed by atoms with Crippen LogP contribution < -0.4 is 16.4 Å². The van der Waals surface area contributed by atoms with Crippen molar-refractivity contribution >= 4 is 37.3 Å². The Kier molecular flexibility index (Phi) is 6.52. The Bertz CT molecular complexity index is 1640. The number of nitrogens with two attached hydrogens (primary N) is 2. The molecule has 1 spiro atoms. The Morgan fingerprint density at radius 3 is 2.03 bits per heavy atom. The van der Waals surface area contributed by atoms with Crippen LogP contribution in [-0.2, 0) is 19.7 Å². The molecule has 38 heavy (non-hydrogen) atoms. The topological polar surface area (TPSA) is 148 Å². The molecule has 1 saturated carbocycles. The van der Waals surface area contributed by atoms with Crippen molar-refractivity contribution in [2.45, 2.75) is 64.3 Å². The van der Waals surface area contributed by atoms with E-state index in [4.69, 9.17) is 11.5 Å². The second-order valence-electron chi connectivity index (χ2n) is 9.58. The maximum atomic E-state index is 14.0. The smallest absolute Gasteiger partial charge is 0.220 e. The summed E-state index contributed by atoms with van der Waals surface area (Å²) in [6, 6.07) is 18.5. The molecule has 1 heterocycles. The Morgan fingerprint density at radius 2 is 1.37 bits per heavy atom. The summed E-state index contributed by atoms with van der Waals surface area (Å²) in [7, 11) is -8.05. The summed E-state index contributed by atoms with van der Waals surface area (Å²) in [5, 5.41) is 0. The number of benzene rings is 3. The minimum Gasteiger partial charge on any atom is -0.369 e. The van der Waals surface area contributed by atoms with Crippen LogP contribution in [0.3, 0.4) is 0 Å². The van der Waals surface area contributed by atoms with Gasteiger partial charge < -0.3 is 11.5 Å². The van der Waals surface area contributed by atoms with Gasteiger partial charge in [0, 0.05) is 0 Å². The quantitative estimate of drug-likeness (QED) is 0.490. The molecule has 0 bridgehead atoms. The highest BCUT2D eigenvalue weighted by Crippen LogP contribution is 2.43. The summed E-state index contributed by atoms with van der Waals surface area (Å²) in [4.78, 5) is 10.4. The predicted molar refractivity (Wildman–Crippen MR) is 147 cm³/mol. The van der Waals surface area contributed by atoms with E-state index >= 15 is 0 Å². The van der Waals surface area contributed by atoms with Gasteiger partial charge in [-0.15, -0.1) is 0 Å². The number of guanidine groups is 2. The Balaban J connectivity index is 1.77. The highest BCUT2D eigenvalue weighted by atomic mass is 32.2. The molecule has 3 aromatic rings. The molecule has 0 amide bonds. The highest BCUT2D eigenvalue weighted by molar-refractivity contribution is 7.92. The maximum absolute atomic E-state index is 14.0. The van der Waals surface area contributed by atoms with Crippen LogP contribution in [-0.4, -0.2) is 34.4 Å². The summed E-state index contributed by atoms with van der Waals surface area (Å²) in [6.07, 6.45) is 3.75. The van der Waals surface area contributed by atoms with E-state index in [1.807, 2.05) is 6.92 Å². The zero-order valence-electron chi connectivity index (χ0n) is 20.9. The third kappa shape index (κ3) is 4.45. The van der Waals surface area contributed by atoms with Crippen molar-refractivity contribution in [3.05, 3.63) is 78.4 Å². The van der Waals surface area contributed by atoms with Crippen LogP contribution in [0, 0.1) is 6.92 Å². The number of aliphatic imine (C=N–C) groups is 2. The van der Waals surface area contributed by atoms with E-state index in [0.717, 1.165) is 24.8 Å². The third-order valence-electron chi connectivity index (χ3n) is 7.01. The van der Waals surface area contributed by atoms with Crippen LogP contribution in [0.25, 0.3) is 0 Å². The zero-order chi connectivity index (χ0) is 27.1. The number of hydrogen-bond donors (Lipinski definition) is 2. The SMILES string of the molecule is Cc1ccc(S(=O)(=O)c2ccc(S(=O)(=O)c3ccccc3)cc2N2C(N)=NC(N)=NC23CCCCC3)cc1. The maximum Gasteiger partial charge on any atom is 0.220 e. The number of anilines is 1. The summed E-state index contributed by atoms with van der Waals surface area (Å²) >= 11 is 0. The van der Waals surface area contributed by atoms with Gasteiger partial charge in [0.15, 0.2) is 0 Å². The lowest BCUT2D eigenvalue weighted by Gasteiger charge is -2.46. The van der Waals surface area contributed by atoms with Gasteiger partial charge in [-0.1, -0.05) is 42.3 Å². The van der Waals surface area contributed by atoms with Crippen molar-refractivity contribution in [2.24, 2.45) is 21.5 Å². The summed E-state index contributed by atoms with van der Waals surface area (Å²) in [6.45, 7) is 1.87. The summed E-state index contributed by atoms with van der Waals surface area (Å²) in [5.41, 5.74) is 12.5. The molecule has 198 valence electrons. The minimum atomic E-state index is -4.08. The molecule has 0 unspecified atom stereocenters. The van der Waals surface area contributed by atoms with Crippen molar-refractivity contribution in [3.63, 3.8) is 0 Å². The molecule has 2 aliphatic rings. The van der Waals surface area contributed by atoms with Crippen LogP contribution in [0.15, 0.2) is 102 Å². The fourth-order valence-electron chi connectivity index (χ4n) is 5.12. The summed E-state index contributed by atoms with van der Waals surface area (Å²) < 4.78 is 55.1. The van der Waals surface area contributed by atoms with Crippen LogP contribution >= 0.6 is 0 Å². The molecule has 1 fully saturated rings. The number of nitrogens with zero attached hydrogens (tertiary/aromatic N) is 3. The Morgan fingerprint density at radius 1 is 0.763 bits per heavy atom. The molecular formula is C27H29N5O4S2. The number of sulfone groups is 2. The van der Waals surface area contributed by atoms with Gasteiger partial charge in [0.1, 0.15) is 5.66 Å². The number of aryl methyl sites for hydroxylation is 1. The summed E-state index contributed by atoms with van der Waals surface area (Å²) in [5.74, 6) is -0.0225. The van der Waals surface area contributed by atoms with E-state index in [-0.39, 0.29) is 37.2 Å². The average Bonchev–Trinajstić information content (AvgIpc) is 2.89. The minimum absolute atomic E-state index is 0.0108. The van der Waals surface area contributed by atoms with Crippen molar-refractivity contribution in [1.82, 2.24) is 0 Å². The first-order valence-electron chi connectivity index (χ1n) is 12.3. The van der Waals surface area contributed by atoms with E-state index in [9.17, 15) is 16.8 Å². The van der Waals surface area contributed by atoms with Crippen molar-refractivity contribution < 1.29 is 16.8 Å². The molecule has 3 aromatic carbocycles. The van der Waals surface area contributed by atoms with Crippen LogP contribution in [0.1, 0.15) is 37.7 Å². The van der Waals surface area contributed by atoms with Gasteiger partial charge in [-0.3, -0.25) is 4.90 Å². The molecule has 0 saturated heterocycles. The molecule has 1 aliphatic carbocycles. The molecule has 4 N–H and O–H groups in total. The van der Waals surface area contributed by atoms with Crippen LogP contribution in [0.2, 0.25) is 0 Å². The molecule has 5 rings (SSSR count). The average molecular weight is 552 g/mol. The van der Waals surface area contributed by atoms with E-state index in [0.29, 0.717) is 12.8 Å². The molecule has 11 heteroatoms. The van der Waals surface area contributed by atoms with Gasteiger partial charge in [-0.05, 0) is 75.1 Å². The lowest BCUT2D eigenvalue weighted by Crippen LogP contribution is -2.58.